The van der Waals surface area contributed by atoms with E-state index in [1.165, 1.54) is 0 Å². The summed E-state index contributed by atoms with van der Waals surface area (Å²) in [6.45, 7) is 2.70. The Labute approximate surface area is 129 Å². The van der Waals surface area contributed by atoms with Crippen LogP contribution in [0.25, 0.3) is 11.3 Å². The monoisotopic (exact) mass is 297 g/mol. The molecule has 3 aromatic rings. The fraction of sp³-hybridized carbons (Fsp3) is 0.118. The van der Waals surface area contributed by atoms with Crippen molar-refractivity contribution in [3.05, 3.63) is 71.1 Å². The van der Waals surface area contributed by atoms with Crippen molar-refractivity contribution in [1.29, 1.82) is 0 Å². The molecule has 21 heavy (non-hydrogen) atoms. The van der Waals surface area contributed by atoms with Gasteiger partial charge in [0.25, 0.3) is 0 Å². The van der Waals surface area contributed by atoms with Crippen molar-refractivity contribution in [3.63, 3.8) is 0 Å². The molecule has 0 saturated carbocycles. The normalized spacial score (nSPS) is 10.6. The van der Waals surface area contributed by atoms with E-state index in [1.807, 2.05) is 61.5 Å². The number of para-hydroxylation sites is 1. The summed E-state index contributed by atoms with van der Waals surface area (Å²) in [4.78, 5) is 7.99. The van der Waals surface area contributed by atoms with Gasteiger partial charge in [-0.05, 0) is 31.2 Å². The first-order valence-corrected chi connectivity index (χ1v) is 7.20. The maximum atomic E-state index is 5.92. The SMILES string of the molecule is Cc1[nH]c(CNc2ccccc2)nc1-c1ccc(Cl)cc1. The van der Waals surface area contributed by atoms with Gasteiger partial charge in [-0.1, -0.05) is 41.9 Å². The van der Waals surface area contributed by atoms with Crippen LogP contribution in [0.1, 0.15) is 11.5 Å². The smallest absolute Gasteiger partial charge is 0.126 e. The van der Waals surface area contributed by atoms with Crippen molar-refractivity contribution < 1.29 is 0 Å². The lowest BCUT2D eigenvalue weighted by Gasteiger charge is -2.03. The molecular weight excluding hydrogens is 282 g/mol. The molecule has 0 aliphatic carbocycles. The zero-order valence-corrected chi connectivity index (χ0v) is 12.5. The predicted molar refractivity (Wildman–Crippen MR) is 87.5 cm³/mol. The van der Waals surface area contributed by atoms with Crippen LogP contribution in [0.4, 0.5) is 5.69 Å². The Morgan fingerprint density at radius 1 is 1.05 bits per heavy atom. The van der Waals surface area contributed by atoms with Crippen LogP contribution in [0.3, 0.4) is 0 Å². The molecule has 2 aromatic carbocycles. The standard InChI is InChI=1S/C17H16ClN3/c1-12-17(13-7-9-14(18)10-8-13)21-16(20-12)11-19-15-5-3-2-4-6-15/h2-10,19H,11H2,1H3,(H,20,21). The van der Waals surface area contributed by atoms with E-state index >= 15 is 0 Å². The molecule has 0 fully saturated rings. The molecule has 2 N–H and O–H groups in total. The number of anilines is 1. The van der Waals surface area contributed by atoms with Crippen molar-refractivity contribution in [1.82, 2.24) is 9.97 Å². The molecule has 0 radical (unpaired) electrons. The summed E-state index contributed by atoms with van der Waals surface area (Å²) in [6, 6.07) is 17.8. The second kappa shape index (κ2) is 6.02. The van der Waals surface area contributed by atoms with Crippen LogP contribution >= 0.6 is 11.6 Å². The van der Waals surface area contributed by atoms with Crippen molar-refractivity contribution in [3.8, 4) is 11.3 Å². The zero-order chi connectivity index (χ0) is 14.7. The Kier molecular flexibility index (Phi) is 3.93. The lowest BCUT2D eigenvalue weighted by atomic mass is 10.1. The van der Waals surface area contributed by atoms with Crippen LogP contribution in [0.2, 0.25) is 5.02 Å². The third-order valence-corrected chi connectivity index (χ3v) is 3.54. The van der Waals surface area contributed by atoms with Gasteiger partial charge in [-0.2, -0.15) is 0 Å². The summed E-state index contributed by atoms with van der Waals surface area (Å²) in [6.07, 6.45) is 0. The van der Waals surface area contributed by atoms with E-state index in [-0.39, 0.29) is 0 Å². The van der Waals surface area contributed by atoms with E-state index in [0.29, 0.717) is 6.54 Å². The second-order valence-electron chi connectivity index (χ2n) is 4.88. The first kappa shape index (κ1) is 13.7. The second-order valence-corrected chi connectivity index (χ2v) is 5.32. The van der Waals surface area contributed by atoms with E-state index in [1.54, 1.807) is 0 Å². The van der Waals surface area contributed by atoms with Gasteiger partial charge in [-0.3, -0.25) is 0 Å². The maximum Gasteiger partial charge on any atom is 0.126 e. The van der Waals surface area contributed by atoms with Crippen LogP contribution in [-0.4, -0.2) is 9.97 Å². The highest BCUT2D eigenvalue weighted by atomic mass is 35.5. The molecule has 0 atom stereocenters. The number of benzene rings is 2. The number of halogens is 1. The number of hydrogen-bond acceptors (Lipinski definition) is 2. The molecule has 4 heteroatoms. The van der Waals surface area contributed by atoms with Crippen molar-refractivity contribution in [2.45, 2.75) is 13.5 Å². The van der Waals surface area contributed by atoms with Gasteiger partial charge in [0.2, 0.25) is 0 Å². The summed E-state index contributed by atoms with van der Waals surface area (Å²) >= 11 is 5.92. The first-order valence-electron chi connectivity index (χ1n) is 6.83. The number of aromatic nitrogens is 2. The van der Waals surface area contributed by atoms with Gasteiger partial charge in [0.15, 0.2) is 0 Å². The summed E-state index contributed by atoms with van der Waals surface area (Å²) in [5.41, 5.74) is 4.18. The summed E-state index contributed by atoms with van der Waals surface area (Å²) < 4.78 is 0. The lowest BCUT2D eigenvalue weighted by Crippen LogP contribution is -2.00. The minimum Gasteiger partial charge on any atom is -0.378 e. The number of nitrogens with zero attached hydrogens (tertiary/aromatic N) is 1. The number of hydrogen-bond donors (Lipinski definition) is 2. The minimum absolute atomic E-state index is 0.665. The number of aryl methyl sites for hydroxylation is 1. The van der Waals surface area contributed by atoms with Gasteiger partial charge >= 0.3 is 0 Å². The Hall–Kier alpha value is -2.26. The highest BCUT2D eigenvalue weighted by Crippen LogP contribution is 2.23. The van der Waals surface area contributed by atoms with Gasteiger partial charge in [-0.25, -0.2) is 4.98 Å². The van der Waals surface area contributed by atoms with Crippen molar-refractivity contribution in [2.75, 3.05) is 5.32 Å². The lowest BCUT2D eigenvalue weighted by molar-refractivity contribution is 0.993. The van der Waals surface area contributed by atoms with E-state index in [2.05, 4.69) is 15.3 Å². The van der Waals surface area contributed by atoms with Gasteiger partial charge in [0.1, 0.15) is 5.82 Å². The zero-order valence-electron chi connectivity index (χ0n) is 11.7. The molecule has 0 aliphatic rings. The average molecular weight is 298 g/mol. The van der Waals surface area contributed by atoms with Crippen LogP contribution in [-0.2, 0) is 6.54 Å². The van der Waals surface area contributed by atoms with E-state index < -0.39 is 0 Å². The largest absolute Gasteiger partial charge is 0.378 e. The van der Waals surface area contributed by atoms with Gasteiger partial charge in [0.05, 0.1) is 12.2 Å². The maximum absolute atomic E-state index is 5.92. The minimum atomic E-state index is 0.665. The fourth-order valence-corrected chi connectivity index (χ4v) is 2.36. The Morgan fingerprint density at radius 2 is 1.76 bits per heavy atom. The van der Waals surface area contributed by atoms with Gasteiger partial charge < -0.3 is 10.3 Å². The molecule has 0 spiro atoms. The van der Waals surface area contributed by atoms with Gasteiger partial charge in [-0.15, -0.1) is 0 Å². The Morgan fingerprint density at radius 3 is 2.48 bits per heavy atom. The highest BCUT2D eigenvalue weighted by molar-refractivity contribution is 6.30. The quantitative estimate of drug-likeness (QED) is 0.736. The Balaban J connectivity index is 1.76. The van der Waals surface area contributed by atoms with Crippen LogP contribution in [0.5, 0.6) is 0 Å². The third-order valence-electron chi connectivity index (χ3n) is 3.29. The molecule has 0 amide bonds. The summed E-state index contributed by atoms with van der Waals surface area (Å²) in [5, 5.41) is 4.08. The number of nitrogens with one attached hydrogen (secondary N) is 2. The highest BCUT2D eigenvalue weighted by Gasteiger charge is 2.08. The molecule has 3 rings (SSSR count). The topological polar surface area (TPSA) is 40.7 Å². The molecule has 1 aromatic heterocycles. The van der Waals surface area contributed by atoms with Gasteiger partial charge in [0, 0.05) is 22.0 Å². The van der Waals surface area contributed by atoms with E-state index in [9.17, 15) is 0 Å². The number of rotatable bonds is 4. The van der Waals surface area contributed by atoms with Crippen LogP contribution in [0.15, 0.2) is 54.6 Å². The molecule has 3 nitrogen and oxygen atoms in total. The molecule has 0 saturated heterocycles. The van der Waals surface area contributed by atoms with E-state index in [4.69, 9.17) is 11.6 Å². The molecule has 0 bridgehead atoms. The van der Waals surface area contributed by atoms with Crippen molar-refractivity contribution in [2.24, 2.45) is 0 Å². The molecule has 106 valence electrons. The van der Waals surface area contributed by atoms with E-state index in [0.717, 1.165) is 33.5 Å². The fourth-order valence-electron chi connectivity index (χ4n) is 2.24. The third kappa shape index (κ3) is 3.26. The molecule has 1 heterocycles. The summed E-state index contributed by atoms with van der Waals surface area (Å²) in [5.74, 6) is 0.918. The van der Waals surface area contributed by atoms with Crippen LogP contribution in [0, 0.1) is 6.92 Å². The van der Waals surface area contributed by atoms with Crippen molar-refractivity contribution >= 4 is 17.3 Å². The number of imidazole rings is 1. The average Bonchev–Trinajstić information content (AvgIpc) is 2.88. The predicted octanol–water partition coefficient (Wildman–Crippen LogP) is 4.65. The number of aromatic amines is 1. The van der Waals surface area contributed by atoms with Crippen LogP contribution < -0.4 is 5.32 Å². The Bertz CT molecular complexity index is 718. The molecule has 0 unspecified atom stereocenters. The number of H-pyrrole nitrogens is 1. The molecule has 0 aliphatic heterocycles. The molecular formula is C17H16ClN3. The first-order chi connectivity index (χ1) is 10.2. The summed E-state index contributed by atoms with van der Waals surface area (Å²) in [7, 11) is 0.